The molecule has 9 nitrogen and oxygen atoms in total. The topological polar surface area (TPSA) is 161 Å². The van der Waals surface area contributed by atoms with Crippen molar-refractivity contribution in [3.63, 3.8) is 0 Å². The maximum atomic E-state index is 13.4. The van der Waals surface area contributed by atoms with E-state index in [-0.39, 0.29) is 58.5 Å². The first-order valence-corrected chi connectivity index (χ1v) is 40.5. The molecule has 0 radical (unpaired) electrons. The van der Waals surface area contributed by atoms with Gasteiger partial charge in [0.1, 0.15) is 63.8 Å². The Morgan fingerprint density at radius 3 is 0.744 bits per heavy atom. The minimum Gasteiger partial charge on any atom is -0.493 e. The lowest BCUT2D eigenvalue weighted by Gasteiger charge is -2.17. The van der Waals surface area contributed by atoms with Crippen molar-refractivity contribution in [2.24, 2.45) is 64.4 Å². The Morgan fingerprint density at radius 1 is 0.265 bits per heavy atom. The van der Waals surface area contributed by atoms with E-state index < -0.39 is 0 Å². The van der Waals surface area contributed by atoms with Crippen molar-refractivity contribution >= 4 is 5.91 Å². The van der Waals surface area contributed by atoms with E-state index >= 15 is 0 Å². The van der Waals surface area contributed by atoms with Gasteiger partial charge in [-0.2, -0.15) is 0 Å². The van der Waals surface area contributed by atoms with Crippen LogP contribution in [0.3, 0.4) is 0 Å². The lowest BCUT2D eigenvalue weighted by atomic mass is 9.95. The van der Waals surface area contributed by atoms with Crippen molar-refractivity contribution in [1.82, 2.24) is 5.32 Å². The average Bonchev–Trinajstić information content (AvgIpc) is 1.21. The van der Waals surface area contributed by atoms with Crippen LogP contribution in [-0.2, 0) is 0 Å². The summed E-state index contributed by atoms with van der Waals surface area (Å²) in [5.41, 5.74) is 38.0. The molecule has 16 rings (SSSR count). The Balaban J connectivity index is 0.000000136. The Kier molecular flexibility index (Phi) is 29.0. The van der Waals surface area contributed by atoms with Crippen molar-refractivity contribution in [3.05, 3.63) is 319 Å². The number of nitrogens with two attached hydrogens (primary N) is 4. The van der Waals surface area contributed by atoms with Crippen LogP contribution in [0.15, 0.2) is 267 Å². The summed E-state index contributed by atoms with van der Waals surface area (Å²) >= 11 is 0. The van der Waals surface area contributed by atoms with Crippen LogP contribution in [0.1, 0.15) is 87.4 Å². The van der Waals surface area contributed by atoms with Gasteiger partial charge in [-0.15, -0.1) is 0 Å². The number of carbonyl (C=O) groups is 1. The first-order valence-electron chi connectivity index (χ1n) is 40.5. The van der Waals surface area contributed by atoms with Crippen LogP contribution in [0, 0.1) is 88.0 Å². The minimum absolute atomic E-state index is 0.150. The molecule has 1 amide bonds. The number of hydrogen-bond donors (Lipinski definition) is 5. The highest BCUT2D eigenvalue weighted by Gasteiger charge is 2.29. The van der Waals surface area contributed by atoms with Gasteiger partial charge in [-0.05, 0) is 404 Å². The third kappa shape index (κ3) is 23.8. The summed E-state index contributed by atoms with van der Waals surface area (Å²) < 4.78 is 125. The maximum absolute atomic E-state index is 13.4. The van der Waals surface area contributed by atoms with Gasteiger partial charge in [-0.3, -0.25) is 4.79 Å². The van der Waals surface area contributed by atoms with E-state index in [2.05, 4.69) is 5.32 Å². The summed E-state index contributed by atoms with van der Waals surface area (Å²) in [6.07, 6.45) is 13.3. The van der Waals surface area contributed by atoms with Gasteiger partial charge in [0.25, 0.3) is 5.91 Å². The number of hydrogen-bond acceptors (Lipinski definition) is 8. The Morgan fingerprint density at radius 2 is 0.487 bits per heavy atom. The van der Waals surface area contributed by atoms with E-state index in [1.165, 1.54) is 110 Å². The molecular formula is C100H99F8N5O4. The summed E-state index contributed by atoms with van der Waals surface area (Å²) in [5.74, 6) is 3.67. The Bertz CT molecular complexity index is 4780. The molecule has 12 aromatic rings. The molecule has 0 bridgehead atoms. The second-order valence-corrected chi connectivity index (χ2v) is 31.4. The molecule has 0 aromatic heterocycles. The summed E-state index contributed by atoms with van der Waals surface area (Å²) in [5, 5.41) is 3.06. The summed E-state index contributed by atoms with van der Waals surface area (Å²) in [7, 11) is 0. The molecule has 604 valence electrons. The molecule has 117 heavy (non-hydrogen) atoms. The van der Waals surface area contributed by atoms with Crippen molar-refractivity contribution in [2.75, 3.05) is 45.9 Å². The van der Waals surface area contributed by atoms with Crippen molar-refractivity contribution < 1.29 is 54.1 Å². The third-order valence-electron chi connectivity index (χ3n) is 22.9. The van der Waals surface area contributed by atoms with E-state index in [0.717, 1.165) is 184 Å². The lowest BCUT2D eigenvalue weighted by molar-refractivity contribution is 0.0947. The smallest absolute Gasteiger partial charge is 0.251 e. The molecular weight excluding hydrogens is 1490 g/mol. The molecule has 0 heterocycles. The normalized spacial score (nSPS) is 18.6. The fourth-order valence-corrected chi connectivity index (χ4v) is 16.2. The quantitative estimate of drug-likeness (QED) is 0.0396. The zero-order valence-electron chi connectivity index (χ0n) is 65.4. The maximum Gasteiger partial charge on any atom is 0.251 e. The zero-order chi connectivity index (χ0) is 81.7. The summed E-state index contributed by atoms with van der Waals surface area (Å²) in [6.45, 7) is 4.82. The predicted octanol–water partition coefficient (Wildman–Crippen LogP) is 23.3. The molecule has 8 atom stereocenters. The van der Waals surface area contributed by atoms with E-state index in [4.69, 9.17) is 37.1 Å². The van der Waals surface area contributed by atoms with Gasteiger partial charge in [0.05, 0.1) is 19.3 Å². The molecule has 0 spiro atoms. The first-order chi connectivity index (χ1) is 56.8. The number of ether oxygens (including phenoxy) is 3. The van der Waals surface area contributed by atoms with E-state index in [1.54, 1.807) is 97.1 Å². The number of carbonyl (C=O) groups excluding carboxylic acids is 1. The van der Waals surface area contributed by atoms with E-state index in [1.807, 2.05) is 72.8 Å². The van der Waals surface area contributed by atoms with E-state index in [0.29, 0.717) is 79.8 Å². The summed E-state index contributed by atoms with van der Waals surface area (Å²) in [4.78, 5) is 13.0. The monoisotopic (exact) mass is 1590 g/mol. The van der Waals surface area contributed by atoms with Gasteiger partial charge >= 0.3 is 0 Å². The molecule has 12 aromatic carbocycles. The number of nitrogens with one attached hydrogen (secondary N) is 1. The van der Waals surface area contributed by atoms with Crippen LogP contribution < -0.4 is 42.5 Å². The number of rotatable bonds is 23. The first kappa shape index (κ1) is 83.7. The van der Waals surface area contributed by atoms with Crippen molar-refractivity contribution in [2.45, 2.75) is 83.2 Å². The van der Waals surface area contributed by atoms with Gasteiger partial charge in [0, 0.05) is 12.1 Å². The van der Waals surface area contributed by atoms with Gasteiger partial charge in [-0.25, -0.2) is 35.1 Å². The van der Waals surface area contributed by atoms with Crippen LogP contribution in [0.4, 0.5) is 35.1 Å². The zero-order valence-corrected chi connectivity index (χ0v) is 65.4. The van der Waals surface area contributed by atoms with Gasteiger partial charge in [0.2, 0.25) is 0 Å². The fraction of sp³-hybridized carbons (Fsp3) is 0.270. The fourth-order valence-electron chi connectivity index (χ4n) is 16.2. The SMILES string of the molecule is NC[C@@H]1CC[C@H](COc2cc(-c3ccc(F)cc3)cc(-c3ccc(F)cc3)c2)C1.NC[C@H]1CC[C@@H](Oc2cc(-c3ccc(F)cc3)cc(-c3ccc(F)cc3)c2)C1.NC[C@H]1CC[C@H](CNC(=O)c2cc(-c3ccc(F)cc3)cc(-c3ccc(F)cc3)c2)C1.NC[C@H]1CC[C@H](COc2cc(-c3ccc(F)cc3)cc(-c3ccc(F)cc3)c2)C1. The van der Waals surface area contributed by atoms with Crippen molar-refractivity contribution in [1.29, 1.82) is 0 Å². The molecule has 0 saturated heterocycles. The van der Waals surface area contributed by atoms with Crippen LogP contribution in [-0.4, -0.2) is 57.9 Å². The predicted molar refractivity (Wildman–Crippen MR) is 453 cm³/mol. The number of benzene rings is 12. The lowest BCUT2D eigenvalue weighted by Crippen LogP contribution is -2.28. The Labute approximate surface area is 680 Å². The number of halogens is 8. The van der Waals surface area contributed by atoms with Crippen molar-refractivity contribution in [3.8, 4) is 106 Å². The third-order valence-corrected chi connectivity index (χ3v) is 22.9. The molecule has 0 unspecified atom stereocenters. The molecule has 17 heteroatoms. The Hall–Kier alpha value is -11.2. The average molecular weight is 1590 g/mol. The van der Waals surface area contributed by atoms with Gasteiger partial charge < -0.3 is 42.5 Å². The molecule has 0 aliphatic heterocycles. The van der Waals surface area contributed by atoms with Crippen LogP contribution in [0.25, 0.3) is 89.0 Å². The van der Waals surface area contributed by atoms with Crippen LogP contribution in [0.5, 0.6) is 17.2 Å². The summed E-state index contributed by atoms with van der Waals surface area (Å²) in [6, 6.07) is 74.3. The molecule has 4 saturated carbocycles. The minimum atomic E-state index is -0.316. The second kappa shape index (κ2) is 40.6. The van der Waals surface area contributed by atoms with Crippen LogP contribution in [0.2, 0.25) is 0 Å². The second-order valence-electron chi connectivity index (χ2n) is 31.4. The molecule has 4 aliphatic carbocycles. The van der Waals surface area contributed by atoms with E-state index in [9.17, 15) is 39.9 Å². The van der Waals surface area contributed by atoms with Gasteiger partial charge in [0.15, 0.2) is 0 Å². The van der Waals surface area contributed by atoms with Gasteiger partial charge in [-0.1, -0.05) is 97.1 Å². The molecule has 4 fully saturated rings. The molecule has 4 aliphatic rings. The largest absolute Gasteiger partial charge is 0.493 e. The highest BCUT2D eigenvalue weighted by Crippen LogP contribution is 2.40. The highest BCUT2D eigenvalue weighted by atomic mass is 19.2. The number of amides is 1. The molecule has 9 N–H and O–H groups in total. The van der Waals surface area contributed by atoms with Crippen LogP contribution >= 0.6 is 0 Å². The highest BCUT2D eigenvalue weighted by molar-refractivity contribution is 5.97. The standard InChI is InChI=1S/C26H26F2N2O.2C25H25F2NO.C24H23F2NO/c27-24-7-3-19(4-8-24)21-12-22(20-5-9-25(28)10-6-20)14-23(13-21)26(31)30-16-18-2-1-17(11-18)15-29;2*26-23-7-3-19(4-8-23)21-12-22(20-5-9-24(27)10-6-20)14-25(13-21)29-16-18-2-1-17(11-18)15-28;25-21-6-2-17(3-7-21)19-12-20(18-4-8-22(26)9-5-18)14-24(13-19)28-23-10-1-16(11-23)15-27/h3-10,12-14,17-18H,1-2,11,15-16,29H2,(H,30,31);2*3-10,12-14,17-18H,1-2,11,15-16,28H2;2-9,12-14,16,23H,1,10-11,15,27H2/t17-,18-;17-,18+;17-,18-;16-,23+/m0100/s1.